The molecule has 0 aliphatic heterocycles. The SMILES string of the molecule is CCCNCc1cncc(-c2cncc(F)c2)c1. The van der Waals surface area contributed by atoms with E-state index >= 15 is 0 Å². The van der Waals surface area contributed by atoms with Crippen molar-refractivity contribution in [3.63, 3.8) is 0 Å². The van der Waals surface area contributed by atoms with Gasteiger partial charge in [0, 0.05) is 36.3 Å². The molecular weight excluding hydrogens is 229 g/mol. The van der Waals surface area contributed by atoms with Gasteiger partial charge in [0.15, 0.2) is 0 Å². The Morgan fingerprint density at radius 1 is 1.06 bits per heavy atom. The number of pyridine rings is 2. The third-order valence-corrected chi connectivity index (χ3v) is 2.59. The highest BCUT2D eigenvalue weighted by Crippen LogP contribution is 2.19. The Bertz CT molecular complexity index is 514. The number of rotatable bonds is 5. The molecule has 0 unspecified atom stereocenters. The standard InChI is InChI=1S/C14H16FN3/c1-2-3-16-6-11-4-12(8-17-7-11)13-5-14(15)10-18-9-13/h4-5,7-10,16H,2-3,6H2,1H3. The summed E-state index contributed by atoms with van der Waals surface area (Å²) in [5, 5.41) is 3.31. The van der Waals surface area contributed by atoms with Gasteiger partial charge in [0.2, 0.25) is 0 Å². The number of halogens is 1. The summed E-state index contributed by atoms with van der Waals surface area (Å²) in [6.45, 7) is 3.88. The first-order chi connectivity index (χ1) is 8.79. The van der Waals surface area contributed by atoms with Crippen LogP contribution in [0.25, 0.3) is 11.1 Å². The van der Waals surface area contributed by atoms with Crippen LogP contribution in [0.15, 0.2) is 36.9 Å². The zero-order valence-electron chi connectivity index (χ0n) is 10.4. The fourth-order valence-corrected chi connectivity index (χ4v) is 1.72. The zero-order chi connectivity index (χ0) is 12.8. The van der Waals surface area contributed by atoms with Gasteiger partial charge in [-0.15, -0.1) is 0 Å². The maximum absolute atomic E-state index is 13.1. The number of hydrogen-bond donors (Lipinski definition) is 1. The zero-order valence-corrected chi connectivity index (χ0v) is 10.4. The highest BCUT2D eigenvalue weighted by atomic mass is 19.1. The molecule has 0 fully saturated rings. The van der Waals surface area contributed by atoms with Crippen LogP contribution in [0.5, 0.6) is 0 Å². The Balaban J connectivity index is 2.16. The predicted octanol–water partition coefficient (Wildman–Crippen LogP) is 2.78. The fourth-order valence-electron chi connectivity index (χ4n) is 1.72. The second-order valence-electron chi connectivity index (χ2n) is 4.15. The van der Waals surface area contributed by atoms with Crippen LogP contribution in [0, 0.1) is 5.82 Å². The quantitative estimate of drug-likeness (QED) is 0.823. The second-order valence-corrected chi connectivity index (χ2v) is 4.15. The van der Waals surface area contributed by atoms with Crippen LogP contribution < -0.4 is 5.32 Å². The average Bonchev–Trinajstić information content (AvgIpc) is 2.39. The summed E-state index contributed by atoms with van der Waals surface area (Å²) in [5.74, 6) is -0.331. The summed E-state index contributed by atoms with van der Waals surface area (Å²) in [7, 11) is 0. The van der Waals surface area contributed by atoms with E-state index in [1.54, 1.807) is 12.4 Å². The van der Waals surface area contributed by atoms with Gasteiger partial charge in [0.1, 0.15) is 5.82 Å². The Morgan fingerprint density at radius 2 is 1.78 bits per heavy atom. The number of aromatic nitrogens is 2. The number of hydrogen-bond acceptors (Lipinski definition) is 3. The lowest BCUT2D eigenvalue weighted by Gasteiger charge is -2.06. The van der Waals surface area contributed by atoms with Gasteiger partial charge >= 0.3 is 0 Å². The highest BCUT2D eigenvalue weighted by Gasteiger charge is 2.02. The van der Waals surface area contributed by atoms with Gasteiger partial charge < -0.3 is 5.32 Å². The van der Waals surface area contributed by atoms with Gasteiger partial charge in [-0.1, -0.05) is 6.92 Å². The molecule has 0 aliphatic rings. The summed E-state index contributed by atoms with van der Waals surface area (Å²) < 4.78 is 13.1. The van der Waals surface area contributed by atoms with Crippen LogP contribution in [0.1, 0.15) is 18.9 Å². The molecule has 0 saturated carbocycles. The summed E-state index contributed by atoms with van der Waals surface area (Å²) >= 11 is 0. The van der Waals surface area contributed by atoms with E-state index in [1.807, 2.05) is 12.3 Å². The van der Waals surface area contributed by atoms with E-state index in [4.69, 9.17) is 0 Å². The molecule has 0 spiro atoms. The van der Waals surface area contributed by atoms with Crippen molar-refractivity contribution in [2.75, 3.05) is 6.54 Å². The van der Waals surface area contributed by atoms with Crippen molar-refractivity contribution >= 4 is 0 Å². The largest absolute Gasteiger partial charge is 0.313 e. The minimum absolute atomic E-state index is 0.331. The summed E-state index contributed by atoms with van der Waals surface area (Å²) in [6, 6.07) is 3.47. The molecule has 0 atom stereocenters. The van der Waals surface area contributed by atoms with Gasteiger partial charge in [-0.2, -0.15) is 0 Å². The third-order valence-electron chi connectivity index (χ3n) is 2.59. The van der Waals surface area contributed by atoms with Crippen molar-refractivity contribution in [2.24, 2.45) is 0 Å². The lowest BCUT2D eigenvalue weighted by atomic mass is 10.1. The van der Waals surface area contributed by atoms with Crippen molar-refractivity contribution in [3.05, 3.63) is 48.3 Å². The number of nitrogens with zero attached hydrogens (tertiary/aromatic N) is 2. The first kappa shape index (κ1) is 12.6. The molecule has 2 aromatic heterocycles. The van der Waals surface area contributed by atoms with E-state index in [-0.39, 0.29) is 5.82 Å². The first-order valence-corrected chi connectivity index (χ1v) is 6.05. The maximum Gasteiger partial charge on any atom is 0.142 e. The maximum atomic E-state index is 13.1. The van der Waals surface area contributed by atoms with Crippen molar-refractivity contribution in [2.45, 2.75) is 19.9 Å². The van der Waals surface area contributed by atoms with Crippen molar-refractivity contribution in [1.82, 2.24) is 15.3 Å². The van der Waals surface area contributed by atoms with Crippen LogP contribution in [0.4, 0.5) is 4.39 Å². The second kappa shape index (κ2) is 6.21. The van der Waals surface area contributed by atoms with Gasteiger partial charge in [0.25, 0.3) is 0 Å². The van der Waals surface area contributed by atoms with E-state index in [1.165, 1.54) is 12.3 Å². The van der Waals surface area contributed by atoms with E-state index < -0.39 is 0 Å². The molecule has 3 nitrogen and oxygen atoms in total. The van der Waals surface area contributed by atoms with Crippen molar-refractivity contribution in [3.8, 4) is 11.1 Å². The molecule has 0 bridgehead atoms. The van der Waals surface area contributed by atoms with Crippen LogP contribution in [-0.2, 0) is 6.54 Å². The van der Waals surface area contributed by atoms with Crippen LogP contribution in [-0.4, -0.2) is 16.5 Å². The fraction of sp³-hybridized carbons (Fsp3) is 0.286. The molecule has 18 heavy (non-hydrogen) atoms. The van der Waals surface area contributed by atoms with Crippen molar-refractivity contribution in [1.29, 1.82) is 0 Å². The minimum atomic E-state index is -0.331. The Kier molecular flexibility index (Phi) is 4.36. The molecule has 2 heterocycles. The average molecular weight is 245 g/mol. The van der Waals surface area contributed by atoms with Crippen LogP contribution in [0.2, 0.25) is 0 Å². The molecule has 0 amide bonds. The van der Waals surface area contributed by atoms with E-state index in [9.17, 15) is 4.39 Å². The minimum Gasteiger partial charge on any atom is -0.313 e. The molecule has 0 aliphatic carbocycles. The third kappa shape index (κ3) is 3.34. The molecule has 2 rings (SSSR count). The Labute approximate surface area is 106 Å². The van der Waals surface area contributed by atoms with Gasteiger partial charge in [-0.25, -0.2) is 4.39 Å². The van der Waals surface area contributed by atoms with Gasteiger partial charge in [-0.05, 0) is 30.7 Å². The van der Waals surface area contributed by atoms with E-state index in [2.05, 4.69) is 22.2 Å². The van der Waals surface area contributed by atoms with Crippen LogP contribution >= 0.6 is 0 Å². The molecule has 0 saturated heterocycles. The lowest BCUT2D eigenvalue weighted by Crippen LogP contribution is -2.13. The van der Waals surface area contributed by atoms with E-state index in [0.29, 0.717) is 0 Å². The van der Waals surface area contributed by atoms with Crippen molar-refractivity contribution < 1.29 is 4.39 Å². The molecule has 0 radical (unpaired) electrons. The monoisotopic (exact) mass is 245 g/mol. The molecule has 94 valence electrons. The van der Waals surface area contributed by atoms with E-state index in [0.717, 1.165) is 36.2 Å². The molecular formula is C14H16FN3. The number of nitrogens with one attached hydrogen (secondary N) is 1. The topological polar surface area (TPSA) is 37.8 Å². The van der Waals surface area contributed by atoms with Crippen LogP contribution in [0.3, 0.4) is 0 Å². The summed E-state index contributed by atoms with van der Waals surface area (Å²) in [5.41, 5.74) is 2.72. The first-order valence-electron chi connectivity index (χ1n) is 6.05. The summed E-state index contributed by atoms with van der Waals surface area (Å²) in [4.78, 5) is 8.03. The molecule has 1 N–H and O–H groups in total. The molecule has 0 aromatic carbocycles. The highest BCUT2D eigenvalue weighted by molar-refractivity contribution is 5.61. The Hall–Kier alpha value is -1.81. The summed E-state index contributed by atoms with van der Waals surface area (Å²) in [6.07, 6.45) is 7.48. The van der Waals surface area contributed by atoms with Gasteiger partial charge in [-0.3, -0.25) is 9.97 Å². The smallest absolute Gasteiger partial charge is 0.142 e. The molecule has 4 heteroatoms. The predicted molar refractivity (Wildman–Crippen MR) is 69.4 cm³/mol. The Morgan fingerprint density at radius 3 is 2.50 bits per heavy atom. The lowest BCUT2D eigenvalue weighted by molar-refractivity contribution is 0.622. The normalized spacial score (nSPS) is 10.6. The van der Waals surface area contributed by atoms with Gasteiger partial charge in [0.05, 0.1) is 6.20 Å². The molecule has 2 aromatic rings.